The van der Waals surface area contributed by atoms with Gasteiger partial charge in [-0.3, -0.25) is 9.59 Å². The third-order valence-electron chi connectivity index (χ3n) is 7.50. The Morgan fingerprint density at radius 2 is 1.57 bits per heavy atom. The van der Waals surface area contributed by atoms with Crippen molar-refractivity contribution in [2.24, 2.45) is 0 Å². The Hall–Kier alpha value is -2.82. The highest BCUT2D eigenvalue weighted by atomic mass is 16.5. The average Bonchev–Trinajstić information content (AvgIpc) is 2.87. The first kappa shape index (κ1) is 25.3. The third-order valence-corrected chi connectivity index (χ3v) is 7.50. The van der Waals surface area contributed by atoms with Gasteiger partial charge in [0, 0.05) is 20.1 Å². The lowest BCUT2D eigenvalue weighted by Crippen LogP contribution is -2.51. The van der Waals surface area contributed by atoms with E-state index in [4.69, 9.17) is 4.74 Å². The van der Waals surface area contributed by atoms with E-state index in [9.17, 15) is 9.59 Å². The lowest BCUT2D eigenvalue weighted by molar-refractivity contribution is -0.136. The summed E-state index contributed by atoms with van der Waals surface area (Å²) in [6.07, 6.45) is 9.67. The molecular formula is C30H40N2O3. The number of benzene rings is 2. The number of carbonyl (C=O) groups is 2. The van der Waals surface area contributed by atoms with Crippen molar-refractivity contribution in [3.05, 3.63) is 65.2 Å². The predicted octanol–water partition coefficient (Wildman–Crippen LogP) is 5.79. The number of amides is 2. The Morgan fingerprint density at radius 1 is 0.886 bits per heavy atom. The zero-order valence-electron chi connectivity index (χ0n) is 21.4. The summed E-state index contributed by atoms with van der Waals surface area (Å²) >= 11 is 0. The summed E-state index contributed by atoms with van der Waals surface area (Å²) in [5.74, 6) is 0.833. The minimum Gasteiger partial charge on any atom is -0.487 e. The normalized spacial score (nSPS) is 22.3. The van der Waals surface area contributed by atoms with Crippen molar-refractivity contribution >= 4 is 11.8 Å². The maximum Gasteiger partial charge on any atom is 0.257 e. The molecule has 0 radical (unpaired) electrons. The van der Waals surface area contributed by atoms with Gasteiger partial charge in [0.1, 0.15) is 11.9 Å². The van der Waals surface area contributed by atoms with Crippen LogP contribution in [0.15, 0.2) is 48.5 Å². The van der Waals surface area contributed by atoms with Crippen molar-refractivity contribution in [1.82, 2.24) is 9.80 Å². The first-order chi connectivity index (χ1) is 17.0. The number of para-hydroxylation sites is 1. The van der Waals surface area contributed by atoms with Crippen LogP contribution >= 0.6 is 0 Å². The van der Waals surface area contributed by atoms with Gasteiger partial charge in [-0.05, 0) is 56.7 Å². The minimum absolute atomic E-state index is 0.00938. The van der Waals surface area contributed by atoms with Gasteiger partial charge < -0.3 is 14.5 Å². The van der Waals surface area contributed by atoms with Crippen molar-refractivity contribution in [2.75, 3.05) is 20.1 Å². The zero-order valence-corrected chi connectivity index (χ0v) is 21.4. The molecule has 4 rings (SSSR count). The molecule has 0 spiro atoms. The van der Waals surface area contributed by atoms with E-state index in [1.165, 1.54) is 5.56 Å². The van der Waals surface area contributed by atoms with Crippen LogP contribution in [0.1, 0.15) is 79.3 Å². The van der Waals surface area contributed by atoms with Crippen LogP contribution in [0.25, 0.3) is 0 Å². The minimum atomic E-state index is -0.102. The van der Waals surface area contributed by atoms with Gasteiger partial charge in [-0.2, -0.15) is 0 Å². The Morgan fingerprint density at radius 3 is 2.37 bits per heavy atom. The second kappa shape index (κ2) is 12.2. The van der Waals surface area contributed by atoms with E-state index >= 15 is 0 Å². The molecule has 2 amide bonds. The molecule has 0 bridgehead atoms. The molecule has 2 aromatic rings. The molecule has 5 nitrogen and oxygen atoms in total. The molecule has 0 unspecified atom stereocenters. The fraction of sp³-hybridized carbons (Fsp3) is 0.533. The van der Waals surface area contributed by atoms with E-state index in [-0.39, 0.29) is 24.0 Å². The van der Waals surface area contributed by atoms with E-state index in [2.05, 4.69) is 36.1 Å². The molecule has 2 aromatic carbocycles. The van der Waals surface area contributed by atoms with Crippen molar-refractivity contribution in [3.8, 4) is 5.75 Å². The van der Waals surface area contributed by atoms with Gasteiger partial charge in [0.05, 0.1) is 18.0 Å². The molecule has 0 N–H and O–H groups in total. The standard InChI is InChI=1S/C30H40N2O3/c1-23-16-18-24(19-17-23)22-29(33)32-21-11-5-3-4-10-20-31(2)30(34)25-12-6-8-14-27(25)35-28-15-9-7-13-26(28)32/h6,8,12,14,16-19,26,28H,3-5,7,9-11,13,15,20-22H2,1-2H3/t26-,28+/m1/s1. The van der Waals surface area contributed by atoms with E-state index < -0.39 is 0 Å². The van der Waals surface area contributed by atoms with Crippen LogP contribution in [0.3, 0.4) is 0 Å². The van der Waals surface area contributed by atoms with Crippen LogP contribution in [0.2, 0.25) is 0 Å². The van der Waals surface area contributed by atoms with Gasteiger partial charge >= 0.3 is 0 Å². The highest BCUT2D eigenvalue weighted by molar-refractivity contribution is 5.96. The van der Waals surface area contributed by atoms with Gasteiger partial charge in [0.15, 0.2) is 0 Å². The highest BCUT2D eigenvalue weighted by Gasteiger charge is 2.35. The summed E-state index contributed by atoms with van der Waals surface area (Å²) in [4.78, 5) is 30.8. The van der Waals surface area contributed by atoms with Crippen LogP contribution in [-0.4, -0.2) is 53.9 Å². The topological polar surface area (TPSA) is 49.9 Å². The van der Waals surface area contributed by atoms with Gasteiger partial charge in [-0.25, -0.2) is 0 Å². The number of carbonyl (C=O) groups excluding carboxylic acids is 2. The number of aryl methyl sites for hydroxylation is 1. The van der Waals surface area contributed by atoms with Gasteiger partial charge in [-0.15, -0.1) is 0 Å². The summed E-state index contributed by atoms with van der Waals surface area (Å²) in [6, 6.07) is 15.9. The maximum absolute atomic E-state index is 13.7. The molecule has 2 aliphatic rings. The highest BCUT2D eigenvalue weighted by Crippen LogP contribution is 2.31. The Bertz CT molecular complexity index is 987. The number of hydrogen-bond acceptors (Lipinski definition) is 3. The fourth-order valence-electron chi connectivity index (χ4n) is 5.41. The smallest absolute Gasteiger partial charge is 0.257 e. The van der Waals surface area contributed by atoms with E-state index in [1.807, 2.05) is 36.2 Å². The first-order valence-corrected chi connectivity index (χ1v) is 13.4. The van der Waals surface area contributed by atoms with Crippen LogP contribution in [-0.2, 0) is 11.2 Å². The molecular weight excluding hydrogens is 436 g/mol. The van der Waals surface area contributed by atoms with E-state index in [1.54, 1.807) is 0 Å². The van der Waals surface area contributed by atoms with Crippen LogP contribution in [0, 0.1) is 6.92 Å². The van der Waals surface area contributed by atoms with Crippen molar-refractivity contribution in [1.29, 1.82) is 0 Å². The molecule has 35 heavy (non-hydrogen) atoms. The summed E-state index contributed by atoms with van der Waals surface area (Å²) in [5.41, 5.74) is 2.88. The predicted molar refractivity (Wildman–Crippen MR) is 140 cm³/mol. The molecule has 5 heteroatoms. The fourth-order valence-corrected chi connectivity index (χ4v) is 5.41. The molecule has 188 valence electrons. The molecule has 1 aliphatic heterocycles. The maximum atomic E-state index is 13.7. The lowest BCUT2D eigenvalue weighted by atomic mass is 9.90. The molecule has 0 saturated heterocycles. The number of nitrogens with zero attached hydrogens (tertiary/aromatic N) is 2. The molecule has 0 aromatic heterocycles. The SMILES string of the molecule is Cc1ccc(CC(=O)N2CCCCCCCN(C)C(=O)c3ccccc3O[C@H]3CCCC[C@H]32)cc1. The molecule has 1 heterocycles. The number of hydrogen-bond donors (Lipinski definition) is 0. The van der Waals surface area contributed by atoms with Crippen LogP contribution in [0.5, 0.6) is 5.75 Å². The largest absolute Gasteiger partial charge is 0.487 e. The first-order valence-electron chi connectivity index (χ1n) is 13.4. The lowest BCUT2D eigenvalue weighted by Gasteiger charge is -2.40. The Balaban J connectivity index is 1.61. The summed E-state index contributed by atoms with van der Waals surface area (Å²) in [6.45, 7) is 3.59. The summed E-state index contributed by atoms with van der Waals surface area (Å²) in [7, 11) is 1.88. The van der Waals surface area contributed by atoms with Crippen LogP contribution in [0.4, 0.5) is 0 Å². The van der Waals surface area contributed by atoms with Gasteiger partial charge in [0.2, 0.25) is 5.91 Å². The van der Waals surface area contributed by atoms with E-state index in [0.29, 0.717) is 17.7 Å². The Labute approximate surface area is 210 Å². The van der Waals surface area contributed by atoms with E-state index in [0.717, 1.165) is 76.4 Å². The number of rotatable bonds is 2. The second-order valence-electron chi connectivity index (χ2n) is 10.2. The Kier molecular flexibility index (Phi) is 8.84. The third kappa shape index (κ3) is 6.65. The molecule has 1 fully saturated rings. The molecule has 2 atom stereocenters. The second-order valence-corrected chi connectivity index (χ2v) is 10.2. The van der Waals surface area contributed by atoms with Gasteiger partial charge in [0.25, 0.3) is 5.91 Å². The van der Waals surface area contributed by atoms with Crippen LogP contribution < -0.4 is 4.74 Å². The number of fused-ring (bicyclic) bond motifs is 2. The number of ether oxygens (including phenoxy) is 1. The van der Waals surface area contributed by atoms with Crippen molar-refractivity contribution in [3.63, 3.8) is 0 Å². The summed E-state index contributed by atoms with van der Waals surface area (Å²) < 4.78 is 6.60. The molecule has 1 saturated carbocycles. The monoisotopic (exact) mass is 476 g/mol. The average molecular weight is 477 g/mol. The molecule has 1 aliphatic carbocycles. The van der Waals surface area contributed by atoms with Gasteiger partial charge in [-0.1, -0.05) is 67.6 Å². The quantitative estimate of drug-likeness (QED) is 0.551. The van der Waals surface area contributed by atoms with Crippen molar-refractivity contribution < 1.29 is 14.3 Å². The summed E-state index contributed by atoms with van der Waals surface area (Å²) in [5, 5.41) is 0. The zero-order chi connectivity index (χ0) is 24.6. The van der Waals surface area contributed by atoms with Crippen molar-refractivity contribution in [2.45, 2.75) is 83.3 Å².